The second-order valence-electron chi connectivity index (χ2n) is 3.59. The third kappa shape index (κ3) is 3.03. The van der Waals surface area contributed by atoms with Crippen LogP contribution in [0, 0.1) is 15.3 Å². The van der Waals surface area contributed by atoms with Gasteiger partial charge in [0.1, 0.15) is 11.3 Å². The van der Waals surface area contributed by atoms with E-state index in [1.54, 1.807) is 0 Å². The van der Waals surface area contributed by atoms with Crippen LogP contribution in [0.1, 0.15) is 10.4 Å². The third-order valence-corrected chi connectivity index (χ3v) is 2.27. The van der Waals surface area contributed by atoms with E-state index in [0.29, 0.717) is 4.73 Å². The lowest BCUT2D eigenvalue weighted by Gasteiger charge is -2.03. The Morgan fingerprint density at radius 3 is 2.47 bits per heavy atom. The molecule has 0 aliphatic rings. The number of hydrogen-bond acceptors (Lipinski definition) is 5. The van der Waals surface area contributed by atoms with Crippen LogP contribution in [0.3, 0.4) is 0 Å². The van der Waals surface area contributed by atoms with Gasteiger partial charge in [0.05, 0.1) is 4.92 Å². The number of benzene rings is 1. The highest BCUT2D eigenvalue weighted by Gasteiger charge is 2.12. The van der Waals surface area contributed by atoms with Crippen molar-refractivity contribution in [1.82, 2.24) is 0 Å². The fourth-order valence-electron chi connectivity index (χ4n) is 1.38. The van der Waals surface area contributed by atoms with Crippen molar-refractivity contribution in [3.8, 4) is 5.75 Å². The van der Waals surface area contributed by atoms with Gasteiger partial charge in [0.15, 0.2) is 12.4 Å². The van der Waals surface area contributed by atoms with Crippen LogP contribution in [-0.2, 0) is 0 Å². The number of esters is 1. The van der Waals surface area contributed by atoms with Crippen LogP contribution in [0.2, 0.25) is 0 Å². The number of pyridine rings is 1. The predicted octanol–water partition coefficient (Wildman–Crippen LogP) is 1.45. The Hall–Kier alpha value is -2.96. The molecule has 0 N–H and O–H groups in total. The summed E-state index contributed by atoms with van der Waals surface area (Å²) in [6, 6.07) is 7.92. The number of carbonyl (C=O) groups excluding carboxylic acids is 1. The molecule has 0 fully saturated rings. The summed E-state index contributed by atoms with van der Waals surface area (Å²) in [4.78, 5) is 21.6. The number of rotatable bonds is 3. The summed E-state index contributed by atoms with van der Waals surface area (Å²) in [6.45, 7) is 0. The molecular weight excluding hydrogens is 252 g/mol. The molecule has 2 aromatic rings. The lowest BCUT2D eigenvalue weighted by atomic mass is 10.3. The fraction of sp³-hybridized carbons (Fsp3) is 0. The largest absolute Gasteiger partial charge is 0.619 e. The monoisotopic (exact) mass is 260 g/mol. The second-order valence-corrected chi connectivity index (χ2v) is 3.59. The van der Waals surface area contributed by atoms with E-state index in [0.717, 1.165) is 6.20 Å². The molecule has 0 spiro atoms. The van der Waals surface area contributed by atoms with Gasteiger partial charge in [-0.05, 0) is 18.2 Å². The van der Waals surface area contributed by atoms with Gasteiger partial charge in [-0.15, -0.1) is 0 Å². The molecular formula is C12H8N2O5. The number of nitro benzene ring substituents is 1. The molecule has 2 rings (SSSR count). The fourth-order valence-corrected chi connectivity index (χ4v) is 1.38. The number of ether oxygens (including phenoxy) is 1. The molecule has 0 amide bonds. The quantitative estimate of drug-likeness (QED) is 0.208. The highest BCUT2D eigenvalue weighted by Crippen LogP contribution is 2.18. The van der Waals surface area contributed by atoms with Crippen LogP contribution in [0.4, 0.5) is 5.69 Å². The van der Waals surface area contributed by atoms with Gasteiger partial charge in [0, 0.05) is 18.2 Å². The van der Waals surface area contributed by atoms with Gasteiger partial charge >= 0.3 is 5.97 Å². The average Bonchev–Trinajstić information content (AvgIpc) is 2.39. The van der Waals surface area contributed by atoms with Gasteiger partial charge in [0.2, 0.25) is 0 Å². The van der Waals surface area contributed by atoms with Crippen LogP contribution in [0.15, 0.2) is 48.8 Å². The van der Waals surface area contributed by atoms with Gasteiger partial charge in [-0.2, -0.15) is 4.73 Å². The molecule has 0 saturated carbocycles. The Morgan fingerprint density at radius 1 is 1.21 bits per heavy atom. The number of nitrogens with zero attached hydrogens (tertiary/aromatic N) is 2. The molecule has 1 heterocycles. The van der Waals surface area contributed by atoms with E-state index in [4.69, 9.17) is 4.74 Å². The number of non-ortho nitro benzene ring substituents is 1. The maximum Gasteiger partial charge on any atom is 0.349 e. The molecule has 0 radical (unpaired) electrons. The molecule has 0 aliphatic carbocycles. The average molecular weight is 260 g/mol. The van der Waals surface area contributed by atoms with Crippen molar-refractivity contribution in [2.24, 2.45) is 0 Å². The standard InChI is InChI=1S/C12H8N2O5/c15-12(9-2-1-7-13(16)8-9)19-11-5-3-10(4-6-11)14(17)18/h1-8H. The molecule has 7 nitrogen and oxygen atoms in total. The van der Waals surface area contributed by atoms with Gasteiger partial charge in [0.25, 0.3) is 5.69 Å². The number of carbonyl (C=O) groups is 1. The summed E-state index contributed by atoms with van der Waals surface area (Å²) in [5, 5.41) is 21.5. The van der Waals surface area contributed by atoms with E-state index in [2.05, 4.69) is 0 Å². The number of hydrogen-bond donors (Lipinski definition) is 0. The first-order valence-electron chi connectivity index (χ1n) is 5.22. The zero-order valence-corrected chi connectivity index (χ0v) is 9.55. The van der Waals surface area contributed by atoms with E-state index in [9.17, 15) is 20.1 Å². The Labute approximate surface area is 107 Å². The summed E-state index contributed by atoms with van der Waals surface area (Å²) in [6.07, 6.45) is 2.32. The number of nitro groups is 1. The zero-order valence-electron chi connectivity index (χ0n) is 9.55. The highest BCUT2D eigenvalue weighted by molar-refractivity contribution is 5.90. The van der Waals surface area contributed by atoms with E-state index in [-0.39, 0.29) is 17.0 Å². The SMILES string of the molecule is O=C(Oc1ccc([N+](=O)[O-])cc1)c1ccc[n+]([O-])c1. The Kier molecular flexibility index (Phi) is 3.37. The smallest absolute Gasteiger partial charge is 0.349 e. The minimum Gasteiger partial charge on any atom is -0.619 e. The van der Waals surface area contributed by atoms with Crippen LogP contribution < -0.4 is 9.47 Å². The minimum atomic E-state index is -0.709. The molecule has 96 valence electrons. The van der Waals surface area contributed by atoms with Crippen LogP contribution in [0.25, 0.3) is 0 Å². The minimum absolute atomic E-state index is 0.0934. The summed E-state index contributed by atoms with van der Waals surface area (Å²) in [5.41, 5.74) is -0.00670. The Morgan fingerprint density at radius 2 is 1.89 bits per heavy atom. The van der Waals surface area contributed by atoms with E-state index in [1.807, 2.05) is 0 Å². The first-order chi connectivity index (χ1) is 9.06. The van der Waals surface area contributed by atoms with Crippen molar-refractivity contribution in [3.63, 3.8) is 0 Å². The molecule has 1 aromatic heterocycles. The van der Waals surface area contributed by atoms with Crippen molar-refractivity contribution in [3.05, 3.63) is 69.7 Å². The van der Waals surface area contributed by atoms with Crippen molar-refractivity contribution < 1.29 is 19.2 Å². The lowest BCUT2D eigenvalue weighted by Crippen LogP contribution is -2.26. The summed E-state index contributed by atoms with van der Waals surface area (Å²) < 4.78 is 5.46. The molecule has 7 heteroatoms. The van der Waals surface area contributed by atoms with Crippen LogP contribution in [-0.4, -0.2) is 10.9 Å². The van der Waals surface area contributed by atoms with Gasteiger partial charge < -0.3 is 9.94 Å². The lowest BCUT2D eigenvalue weighted by molar-refractivity contribution is -0.605. The Bertz CT molecular complexity index is 624. The maximum absolute atomic E-state index is 11.7. The first-order valence-corrected chi connectivity index (χ1v) is 5.22. The second kappa shape index (κ2) is 5.13. The molecule has 0 atom stereocenters. The van der Waals surface area contributed by atoms with Crippen molar-refractivity contribution in [1.29, 1.82) is 0 Å². The molecule has 0 unspecified atom stereocenters. The van der Waals surface area contributed by atoms with Crippen molar-refractivity contribution in [2.75, 3.05) is 0 Å². The topological polar surface area (TPSA) is 96.4 Å². The van der Waals surface area contributed by atoms with Crippen molar-refractivity contribution in [2.45, 2.75) is 0 Å². The molecule has 0 saturated heterocycles. The van der Waals surface area contributed by atoms with E-state index < -0.39 is 10.9 Å². The van der Waals surface area contributed by atoms with Crippen molar-refractivity contribution >= 4 is 11.7 Å². The highest BCUT2D eigenvalue weighted by atomic mass is 16.6. The Balaban J connectivity index is 2.13. The van der Waals surface area contributed by atoms with Gasteiger partial charge in [-0.1, -0.05) is 0 Å². The third-order valence-electron chi connectivity index (χ3n) is 2.27. The molecule has 0 bridgehead atoms. The summed E-state index contributed by atoms with van der Waals surface area (Å²) in [7, 11) is 0. The van der Waals surface area contributed by atoms with Gasteiger partial charge in [-0.3, -0.25) is 10.1 Å². The summed E-state index contributed by atoms with van der Waals surface area (Å²) in [5.74, 6) is -0.545. The normalized spacial score (nSPS) is 9.89. The molecule has 1 aromatic carbocycles. The van der Waals surface area contributed by atoms with E-state index >= 15 is 0 Å². The molecule has 19 heavy (non-hydrogen) atoms. The predicted molar refractivity (Wildman–Crippen MR) is 63.5 cm³/mol. The summed E-state index contributed by atoms with van der Waals surface area (Å²) >= 11 is 0. The van der Waals surface area contributed by atoms with Crippen LogP contribution >= 0.6 is 0 Å². The van der Waals surface area contributed by atoms with E-state index in [1.165, 1.54) is 42.6 Å². The first kappa shape index (κ1) is 12.5. The molecule has 0 aliphatic heterocycles. The van der Waals surface area contributed by atoms with Gasteiger partial charge in [-0.25, -0.2) is 4.79 Å². The number of aromatic nitrogens is 1. The van der Waals surface area contributed by atoms with Crippen LogP contribution in [0.5, 0.6) is 5.75 Å². The zero-order chi connectivity index (χ0) is 13.8. The maximum atomic E-state index is 11.7.